The van der Waals surface area contributed by atoms with E-state index in [0.29, 0.717) is 10.9 Å². The number of aromatic nitrogens is 2. The topological polar surface area (TPSA) is 64.0 Å². The molecule has 0 bridgehead atoms. The number of carbonyl (C=O) groups excluding carboxylic acids is 1. The second-order valence-corrected chi connectivity index (χ2v) is 6.04. The van der Waals surface area contributed by atoms with Gasteiger partial charge >= 0.3 is 0 Å². The Balaban J connectivity index is 1.76. The smallest absolute Gasteiger partial charge is 0.261 e. The second-order valence-electron chi connectivity index (χ2n) is 6.04. The van der Waals surface area contributed by atoms with E-state index in [2.05, 4.69) is 10.3 Å². The summed E-state index contributed by atoms with van der Waals surface area (Å²) in [7, 11) is 0. The first-order valence-corrected chi connectivity index (χ1v) is 7.94. The minimum absolute atomic E-state index is 0.124. The monoisotopic (exact) mass is 339 g/mol. The van der Waals surface area contributed by atoms with Gasteiger partial charge in [0.1, 0.15) is 12.4 Å². The van der Waals surface area contributed by atoms with Crippen molar-refractivity contribution in [2.24, 2.45) is 0 Å². The molecule has 0 unspecified atom stereocenters. The van der Waals surface area contributed by atoms with Crippen LogP contribution in [0.15, 0.2) is 53.6 Å². The average Bonchev–Trinajstić information content (AvgIpc) is 2.58. The molecule has 1 amide bonds. The molecule has 0 aliphatic carbocycles. The minimum atomic E-state index is -0.327. The summed E-state index contributed by atoms with van der Waals surface area (Å²) in [4.78, 5) is 29.0. The fourth-order valence-electron chi connectivity index (χ4n) is 2.66. The molecule has 1 atom stereocenters. The molecule has 1 heterocycles. The predicted octanol–water partition coefficient (Wildman–Crippen LogP) is 2.72. The molecule has 3 rings (SSSR count). The van der Waals surface area contributed by atoms with Gasteiger partial charge in [-0.25, -0.2) is 9.37 Å². The van der Waals surface area contributed by atoms with E-state index in [1.807, 2.05) is 13.0 Å². The summed E-state index contributed by atoms with van der Waals surface area (Å²) in [5, 5.41) is 3.29. The highest BCUT2D eigenvalue weighted by Crippen LogP contribution is 2.13. The van der Waals surface area contributed by atoms with Gasteiger partial charge in [0.05, 0.1) is 23.3 Å². The van der Waals surface area contributed by atoms with Crippen LogP contribution in [0.4, 0.5) is 4.39 Å². The lowest BCUT2D eigenvalue weighted by molar-refractivity contribution is -0.122. The van der Waals surface area contributed by atoms with Gasteiger partial charge in [-0.1, -0.05) is 23.8 Å². The third-order valence-corrected chi connectivity index (χ3v) is 4.04. The number of amides is 1. The maximum absolute atomic E-state index is 13.0. The molecule has 0 spiro atoms. The Bertz CT molecular complexity index is 980. The lowest BCUT2D eigenvalue weighted by Crippen LogP contribution is -2.34. The zero-order chi connectivity index (χ0) is 18.0. The molecule has 5 nitrogen and oxygen atoms in total. The van der Waals surface area contributed by atoms with Gasteiger partial charge in [-0.15, -0.1) is 0 Å². The second kappa shape index (κ2) is 6.84. The SMILES string of the molecule is Cc1ccc2ncn(CC(=O)N[C@H](C)c3ccc(F)cc3)c(=O)c2c1. The molecule has 0 aliphatic heterocycles. The first kappa shape index (κ1) is 16.8. The van der Waals surface area contributed by atoms with Gasteiger partial charge < -0.3 is 5.32 Å². The third kappa shape index (κ3) is 3.74. The Morgan fingerprint density at radius 2 is 1.96 bits per heavy atom. The van der Waals surface area contributed by atoms with Crippen LogP contribution >= 0.6 is 0 Å². The summed E-state index contributed by atoms with van der Waals surface area (Å²) in [6, 6.07) is 11.1. The Hall–Kier alpha value is -3.02. The molecule has 0 radical (unpaired) electrons. The Morgan fingerprint density at radius 1 is 1.24 bits per heavy atom. The Kier molecular flexibility index (Phi) is 4.61. The standard InChI is InChI=1S/C19H18FN3O2/c1-12-3-8-17-16(9-12)19(25)23(11-21-17)10-18(24)22-13(2)14-4-6-15(20)7-5-14/h3-9,11,13H,10H2,1-2H3,(H,22,24)/t13-/m1/s1. The van der Waals surface area contributed by atoms with Crippen LogP contribution in [0.2, 0.25) is 0 Å². The molecule has 0 fully saturated rings. The number of nitrogens with one attached hydrogen (secondary N) is 1. The lowest BCUT2D eigenvalue weighted by Gasteiger charge is -2.15. The highest BCUT2D eigenvalue weighted by Gasteiger charge is 2.12. The van der Waals surface area contributed by atoms with Gasteiger partial charge in [0.2, 0.25) is 5.91 Å². The molecule has 0 saturated carbocycles. The summed E-state index contributed by atoms with van der Waals surface area (Å²) >= 11 is 0. The van der Waals surface area contributed by atoms with Gasteiger partial charge in [-0.3, -0.25) is 14.2 Å². The van der Waals surface area contributed by atoms with Crippen molar-refractivity contribution >= 4 is 16.8 Å². The van der Waals surface area contributed by atoms with Gasteiger partial charge in [-0.2, -0.15) is 0 Å². The van der Waals surface area contributed by atoms with Crippen molar-refractivity contribution in [3.05, 3.63) is 76.1 Å². The van der Waals surface area contributed by atoms with E-state index in [1.54, 1.807) is 31.2 Å². The van der Waals surface area contributed by atoms with Crippen LogP contribution in [-0.4, -0.2) is 15.5 Å². The normalized spacial score (nSPS) is 12.1. The van der Waals surface area contributed by atoms with Crippen LogP contribution < -0.4 is 10.9 Å². The summed E-state index contributed by atoms with van der Waals surface area (Å²) in [5.74, 6) is -0.640. The first-order chi connectivity index (χ1) is 11.9. The number of fused-ring (bicyclic) bond motifs is 1. The van der Waals surface area contributed by atoms with Crippen LogP contribution in [0.3, 0.4) is 0 Å². The van der Waals surface area contributed by atoms with E-state index in [0.717, 1.165) is 11.1 Å². The quantitative estimate of drug-likeness (QED) is 0.795. The number of aryl methyl sites for hydroxylation is 1. The molecule has 25 heavy (non-hydrogen) atoms. The van der Waals surface area contributed by atoms with Crippen molar-refractivity contribution in [2.45, 2.75) is 26.4 Å². The van der Waals surface area contributed by atoms with Crippen molar-refractivity contribution < 1.29 is 9.18 Å². The van der Waals surface area contributed by atoms with Crippen molar-refractivity contribution in [3.8, 4) is 0 Å². The number of benzene rings is 2. The summed E-state index contributed by atoms with van der Waals surface area (Å²) in [5.41, 5.74) is 2.10. The van der Waals surface area contributed by atoms with E-state index >= 15 is 0 Å². The van der Waals surface area contributed by atoms with Gasteiger partial charge in [0.25, 0.3) is 5.56 Å². The van der Waals surface area contributed by atoms with Gasteiger partial charge in [-0.05, 0) is 43.7 Å². The van der Waals surface area contributed by atoms with Crippen LogP contribution in [0.1, 0.15) is 24.1 Å². The van der Waals surface area contributed by atoms with Crippen molar-refractivity contribution in [2.75, 3.05) is 0 Å². The van der Waals surface area contributed by atoms with E-state index < -0.39 is 0 Å². The minimum Gasteiger partial charge on any atom is -0.348 e. The van der Waals surface area contributed by atoms with E-state index in [4.69, 9.17) is 0 Å². The fraction of sp³-hybridized carbons (Fsp3) is 0.211. The van der Waals surface area contributed by atoms with Crippen molar-refractivity contribution in [3.63, 3.8) is 0 Å². The highest BCUT2D eigenvalue weighted by molar-refractivity contribution is 5.79. The largest absolute Gasteiger partial charge is 0.348 e. The molecule has 1 aromatic heterocycles. The molecule has 128 valence electrons. The van der Waals surface area contributed by atoms with Gasteiger partial charge in [0, 0.05) is 0 Å². The summed E-state index contributed by atoms with van der Waals surface area (Å²) < 4.78 is 14.3. The molecular formula is C19H18FN3O2. The molecule has 0 saturated heterocycles. The number of hydrogen-bond acceptors (Lipinski definition) is 3. The number of carbonyl (C=O) groups is 1. The van der Waals surface area contributed by atoms with Gasteiger partial charge in [0.15, 0.2) is 0 Å². The van der Waals surface area contributed by atoms with Crippen LogP contribution in [0.25, 0.3) is 10.9 Å². The van der Waals surface area contributed by atoms with E-state index in [-0.39, 0.29) is 29.9 Å². The van der Waals surface area contributed by atoms with E-state index in [9.17, 15) is 14.0 Å². The van der Waals surface area contributed by atoms with Crippen LogP contribution in [0, 0.1) is 12.7 Å². The molecule has 6 heteroatoms. The van der Waals surface area contributed by atoms with Crippen LogP contribution in [0.5, 0.6) is 0 Å². The number of hydrogen-bond donors (Lipinski definition) is 1. The van der Waals surface area contributed by atoms with Crippen molar-refractivity contribution in [1.29, 1.82) is 0 Å². The fourth-order valence-corrected chi connectivity index (χ4v) is 2.66. The first-order valence-electron chi connectivity index (χ1n) is 7.94. The predicted molar refractivity (Wildman–Crippen MR) is 93.7 cm³/mol. The molecular weight excluding hydrogens is 321 g/mol. The maximum atomic E-state index is 13.0. The number of halogens is 1. The molecule has 1 N–H and O–H groups in total. The summed E-state index contributed by atoms with van der Waals surface area (Å²) in [6.45, 7) is 3.57. The molecule has 0 aliphatic rings. The molecule has 3 aromatic rings. The number of nitrogens with zero attached hydrogens (tertiary/aromatic N) is 2. The van der Waals surface area contributed by atoms with E-state index in [1.165, 1.54) is 23.0 Å². The number of rotatable bonds is 4. The zero-order valence-corrected chi connectivity index (χ0v) is 14.0. The zero-order valence-electron chi connectivity index (χ0n) is 14.0. The van der Waals surface area contributed by atoms with Crippen molar-refractivity contribution in [1.82, 2.24) is 14.9 Å². The Morgan fingerprint density at radius 3 is 2.68 bits per heavy atom. The third-order valence-electron chi connectivity index (χ3n) is 4.04. The Labute approximate surface area is 144 Å². The highest BCUT2D eigenvalue weighted by atomic mass is 19.1. The maximum Gasteiger partial charge on any atom is 0.261 e. The summed E-state index contributed by atoms with van der Waals surface area (Å²) in [6.07, 6.45) is 1.38. The lowest BCUT2D eigenvalue weighted by atomic mass is 10.1. The average molecular weight is 339 g/mol. The molecule has 2 aromatic carbocycles. The van der Waals surface area contributed by atoms with Crippen LogP contribution in [-0.2, 0) is 11.3 Å².